The molecule has 0 aliphatic carbocycles. The van der Waals surface area contributed by atoms with Crippen LogP contribution >= 0.6 is 0 Å². The topological polar surface area (TPSA) is 96.7 Å². The fourth-order valence-corrected chi connectivity index (χ4v) is 4.03. The number of nitrogens with one attached hydrogen (secondary N) is 1. The minimum absolute atomic E-state index is 0.0454. The summed E-state index contributed by atoms with van der Waals surface area (Å²) in [5.74, 6) is -0.0867. The van der Waals surface area contributed by atoms with Crippen LogP contribution in [-0.4, -0.2) is 63.0 Å². The van der Waals surface area contributed by atoms with Gasteiger partial charge in [0.1, 0.15) is 6.10 Å². The largest absolute Gasteiger partial charge is 0.388 e. The summed E-state index contributed by atoms with van der Waals surface area (Å²) < 4.78 is 7.27. The second kappa shape index (κ2) is 7.52. The van der Waals surface area contributed by atoms with Crippen molar-refractivity contribution in [3.8, 4) is 0 Å². The zero-order valence-electron chi connectivity index (χ0n) is 16.1. The molecule has 8 heteroatoms. The smallest absolute Gasteiger partial charge is 0.251 e. The number of aromatic nitrogens is 2. The van der Waals surface area contributed by atoms with E-state index in [0.717, 1.165) is 23.7 Å². The Morgan fingerprint density at radius 2 is 2.14 bits per heavy atom. The Balaban J connectivity index is 1.44. The molecule has 2 aliphatic rings. The first-order valence-corrected chi connectivity index (χ1v) is 9.79. The number of carbonyl (C=O) groups excluding carboxylic acids is 2. The standard InChI is InChI=1S/C20H26N4O4/c1-14(25)22-16-5-4-15-12-21-24(17(15)11-16)13-20(27)6-8-23(9-7-20)19(26)18-3-2-10-28-18/h4-5,11-12,18,27H,2-3,6-10,13H2,1H3,(H,22,25)/t18-/m1/s1. The molecule has 1 aromatic carbocycles. The molecule has 0 unspecified atom stereocenters. The van der Waals surface area contributed by atoms with Gasteiger partial charge < -0.3 is 20.1 Å². The molecule has 2 fully saturated rings. The average molecular weight is 386 g/mol. The Morgan fingerprint density at radius 1 is 1.36 bits per heavy atom. The van der Waals surface area contributed by atoms with Crippen LogP contribution in [0.4, 0.5) is 5.69 Å². The van der Waals surface area contributed by atoms with E-state index in [0.29, 0.717) is 44.8 Å². The van der Waals surface area contributed by atoms with Gasteiger partial charge in [0.15, 0.2) is 0 Å². The van der Waals surface area contributed by atoms with Gasteiger partial charge in [-0.15, -0.1) is 0 Å². The van der Waals surface area contributed by atoms with Gasteiger partial charge in [-0.3, -0.25) is 14.3 Å². The molecule has 3 heterocycles. The zero-order valence-corrected chi connectivity index (χ0v) is 16.1. The molecule has 2 aromatic rings. The lowest BCUT2D eigenvalue weighted by Gasteiger charge is -2.39. The lowest BCUT2D eigenvalue weighted by atomic mass is 9.91. The number of fused-ring (bicyclic) bond motifs is 1. The molecule has 28 heavy (non-hydrogen) atoms. The number of anilines is 1. The van der Waals surface area contributed by atoms with Gasteiger partial charge in [0.05, 0.1) is 23.9 Å². The van der Waals surface area contributed by atoms with Crippen LogP contribution < -0.4 is 5.32 Å². The molecule has 1 aromatic heterocycles. The molecule has 8 nitrogen and oxygen atoms in total. The van der Waals surface area contributed by atoms with E-state index in [1.165, 1.54) is 6.92 Å². The van der Waals surface area contributed by atoms with Crippen molar-refractivity contribution in [2.24, 2.45) is 0 Å². The van der Waals surface area contributed by atoms with Crippen molar-refractivity contribution < 1.29 is 19.4 Å². The van der Waals surface area contributed by atoms with Crippen molar-refractivity contribution in [1.29, 1.82) is 0 Å². The Hall–Kier alpha value is -2.45. The first kappa shape index (κ1) is 18.9. The third-order valence-electron chi connectivity index (χ3n) is 5.62. The normalized spacial score (nSPS) is 21.8. The van der Waals surface area contributed by atoms with Crippen molar-refractivity contribution in [2.75, 3.05) is 25.0 Å². The van der Waals surface area contributed by atoms with Crippen LogP contribution in [0.3, 0.4) is 0 Å². The van der Waals surface area contributed by atoms with E-state index in [1.54, 1.807) is 15.8 Å². The lowest BCUT2D eigenvalue weighted by Crippen LogP contribution is -2.51. The first-order valence-electron chi connectivity index (χ1n) is 9.79. The molecule has 2 aliphatic heterocycles. The number of likely N-dealkylation sites (tertiary alicyclic amines) is 1. The first-order chi connectivity index (χ1) is 13.4. The SMILES string of the molecule is CC(=O)Nc1ccc2cnn(CC3(O)CCN(C(=O)[C@H]4CCCO4)CC3)c2c1. The van der Waals surface area contributed by atoms with Gasteiger partial charge in [0.2, 0.25) is 5.91 Å². The molecule has 4 rings (SSSR count). The number of nitrogens with zero attached hydrogens (tertiary/aromatic N) is 3. The molecule has 0 saturated carbocycles. The van der Waals surface area contributed by atoms with Crippen molar-refractivity contribution in [1.82, 2.24) is 14.7 Å². The van der Waals surface area contributed by atoms with Gasteiger partial charge in [0.25, 0.3) is 5.91 Å². The van der Waals surface area contributed by atoms with Crippen molar-refractivity contribution in [2.45, 2.75) is 50.9 Å². The summed E-state index contributed by atoms with van der Waals surface area (Å²) in [6.45, 7) is 3.51. The summed E-state index contributed by atoms with van der Waals surface area (Å²) in [5, 5.41) is 19.2. The molecule has 1 atom stereocenters. The van der Waals surface area contributed by atoms with Crippen LogP contribution in [0.25, 0.3) is 10.9 Å². The van der Waals surface area contributed by atoms with Crippen molar-refractivity contribution in [3.05, 3.63) is 24.4 Å². The maximum Gasteiger partial charge on any atom is 0.251 e. The number of aliphatic hydroxyl groups is 1. The Morgan fingerprint density at radius 3 is 2.82 bits per heavy atom. The van der Waals surface area contributed by atoms with Crippen LogP contribution in [0, 0.1) is 0 Å². The van der Waals surface area contributed by atoms with Crippen LogP contribution in [0.5, 0.6) is 0 Å². The number of carbonyl (C=O) groups is 2. The van der Waals surface area contributed by atoms with Gasteiger partial charge in [-0.05, 0) is 43.9 Å². The fourth-order valence-electron chi connectivity index (χ4n) is 4.03. The van der Waals surface area contributed by atoms with Gasteiger partial charge >= 0.3 is 0 Å². The molecular weight excluding hydrogens is 360 g/mol. The Labute approximate surface area is 163 Å². The Kier molecular flexibility index (Phi) is 5.07. The highest BCUT2D eigenvalue weighted by molar-refractivity contribution is 5.92. The summed E-state index contributed by atoms with van der Waals surface area (Å²) in [6.07, 6.45) is 4.16. The predicted octanol–water partition coefficient (Wildman–Crippen LogP) is 1.53. The number of rotatable bonds is 4. The van der Waals surface area contributed by atoms with Crippen molar-refractivity contribution in [3.63, 3.8) is 0 Å². The minimum atomic E-state index is -0.920. The lowest BCUT2D eigenvalue weighted by molar-refractivity contribution is -0.145. The van der Waals surface area contributed by atoms with Crippen LogP contribution in [-0.2, 0) is 20.9 Å². The van der Waals surface area contributed by atoms with E-state index in [9.17, 15) is 14.7 Å². The summed E-state index contributed by atoms with van der Waals surface area (Å²) in [7, 11) is 0. The second-order valence-corrected chi connectivity index (χ2v) is 7.81. The van der Waals surface area contributed by atoms with Gasteiger partial charge in [-0.2, -0.15) is 5.10 Å². The molecule has 2 amide bonds. The third-order valence-corrected chi connectivity index (χ3v) is 5.62. The summed E-state index contributed by atoms with van der Waals surface area (Å²) >= 11 is 0. The fraction of sp³-hybridized carbons (Fsp3) is 0.550. The Bertz CT molecular complexity index is 879. The van der Waals surface area contributed by atoms with E-state index < -0.39 is 5.60 Å². The number of ether oxygens (including phenoxy) is 1. The van der Waals surface area contributed by atoms with Crippen LogP contribution in [0.2, 0.25) is 0 Å². The van der Waals surface area contributed by atoms with Crippen LogP contribution in [0.1, 0.15) is 32.6 Å². The van der Waals surface area contributed by atoms with E-state index in [4.69, 9.17) is 4.74 Å². The highest BCUT2D eigenvalue weighted by Gasteiger charge is 2.37. The maximum absolute atomic E-state index is 12.5. The number of benzene rings is 1. The van der Waals surface area contributed by atoms with E-state index in [2.05, 4.69) is 10.4 Å². The predicted molar refractivity (Wildman–Crippen MR) is 104 cm³/mol. The highest BCUT2D eigenvalue weighted by atomic mass is 16.5. The third kappa shape index (κ3) is 3.88. The average Bonchev–Trinajstić information content (AvgIpc) is 3.32. The molecular formula is C20H26N4O4. The van der Waals surface area contributed by atoms with Gasteiger partial charge in [-0.1, -0.05) is 0 Å². The summed E-state index contributed by atoms with van der Waals surface area (Å²) in [4.78, 5) is 25.6. The van der Waals surface area contributed by atoms with Gasteiger partial charge in [-0.25, -0.2) is 0 Å². The molecule has 0 bridgehead atoms. The number of hydrogen-bond donors (Lipinski definition) is 2. The summed E-state index contributed by atoms with van der Waals surface area (Å²) in [5.41, 5.74) is 0.638. The molecule has 0 radical (unpaired) electrons. The van der Waals surface area contributed by atoms with Gasteiger partial charge in [0, 0.05) is 37.7 Å². The monoisotopic (exact) mass is 386 g/mol. The number of hydrogen-bond acceptors (Lipinski definition) is 5. The van der Waals surface area contributed by atoms with E-state index in [-0.39, 0.29) is 17.9 Å². The number of amides is 2. The quantitative estimate of drug-likeness (QED) is 0.831. The van der Waals surface area contributed by atoms with E-state index >= 15 is 0 Å². The minimum Gasteiger partial charge on any atom is -0.388 e. The highest BCUT2D eigenvalue weighted by Crippen LogP contribution is 2.28. The van der Waals surface area contributed by atoms with Crippen LogP contribution in [0.15, 0.2) is 24.4 Å². The number of piperidine rings is 1. The molecule has 2 N–H and O–H groups in total. The summed E-state index contributed by atoms with van der Waals surface area (Å²) in [6, 6.07) is 5.60. The molecule has 0 spiro atoms. The molecule has 2 saturated heterocycles. The van der Waals surface area contributed by atoms with Crippen molar-refractivity contribution >= 4 is 28.4 Å². The van der Waals surface area contributed by atoms with E-state index in [1.807, 2.05) is 18.2 Å². The maximum atomic E-state index is 12.5. The zero-order chi connectivity index (χ0) is 19.7. The molecule has 150 valence electrons. The second-order valence-electron chi connectivity index (χ2n) is 7.81.